The van der Waals surface area contributed by atoms with Crippen molar-refractivity contribution in [3.05, 3.63) is 41.6 Å². The Morgan fingerprint density at radius 3 is 2.55 bits per heavy atom. The second-order valence-corrected chi connectivity index (χ2v) is 6.18. The lowest BCUT2D eigenvalue weighted by Gasteiger charge is -2.07. The summed E-state index contributed by atoms with van der Waals surface area (Å²) in [6.07, 6.45) is 0. The van der Waals surface area contributed by atoms with Gasteiger partial charge in [-0.25, -0.2) is 23.5 Å². The highest BCUT2D eigenvalue weighted by molar-refractivity contribution is 7.89. The average molecular weight is 313 g/mol. The molecular weight excluding hydrogens is 300 g/mol. The van der Waals surface area contributed by atoms with Crippen LogP contribution in [-0.2, 0) is 10.0 Å². The van der Waals surface area contributed by atoms with Crippen LogP contribution in [-0.4, -0.2) is 30.7 Å². The number of nitrogens with zero attached hydrogens (tertiary/aromatic N) is 2. The van der Waals surface area contributed by atoms with Crippen LogP contribution in [0.25, 0.3) is 11.4 Å². The van der Waals surface area contributed by atoms with Gasteiger partial charge in [-0.1, -0.05) is 41.9 Å². The van der Waals surface area contributed by atoms with Crippen LogP contribution in [0.3, 0.4) is 0 Å². The Bertz CT molecular complexity index is 692. The molecule has 0 amide bonds. The van der Waals surface area contributed by atoms with E-state index in [0.717, 1.165) is 5.56 Å². The quantitative estimate of drug-likeness (QED) is 0.815. The molecule has 0 saturated heterocycles. The first-order valence-electron chi connectivity index (χ1n) is 5.78. The van der Waals surface area contributed by atoms with E-state index in [1.807, 2.05) is 30.3 Å². The lowest BCUT2D eigenvalue weighted by Crippen LogP contribution is -2.22. The molecule has 0 unspecified atom stereocenters. The number of halogens is 1. The molecular formula is C12H13ClN4O2S. The van der Waals surface area contributed by atoms with Crippen LogP contribution in [0.1, 0.15) is 0 Å². The van der Waals surface area contributed by atoms with Gasteiger partial charge >= 0.3 is 0 Å². The van der Waals surface area contributed by atoms with Crippen LogP contribution in [0.2, 0.25) is 5.15 Å². The molecule has 6 nitrogen and oxygen atoms in total. The van der Waals surface area contributed by atoms with Crippen molar-refractivity contribution in [1.82, 2.24) is 9.97 Å². The third-order valence-corrected chi connectivity index (χ3v) is 3.39. The molecule has 0 bridgehead atoms. The van der Waals surface area contributed by atoms with Crippen molar-refractivity contribution in [3.8, 4) is 11.4 Å². The molecule has 8 heteroatoms. The fourth-order valence-corrected chi connectivity index (χ4v) is 2.12. The zero-order chi connectivity index (χ0) is 14.6. The Morgan fingerprint density at radius 1 is 1.20 bits per heavy atom. The van der Waals surface area contributed by atoms with Gasteiger partial charge in [0, 0.05) is 18.2 Å². The molecule has 0 saturated carbocycles. The van der Waals surface area contributed by atoms with Crippen molar-refractivity contribution in [2.24, 2.45) is 5.14 Å². The van der Waals surface area contributed by atoms with E-state index in [9.17, 15) is 8.42 Å². The van der Waals surface area contributed by atoms with Crippen molar-refractivity contribution in [3.63, 3.8) is 0 Å². The Balaban J connectivity index is 2.17. The van der Waals surface area contributed by atoms with Gasteiger partial charge in [0.25, 0.3) is 0 Å². The number of aromatic nitrogens is 2. The van der Waals surface area contributed by atoms with Crippen molar-refractivity contribution in [2.45, 2.75) is 0 Å². The number of nitrogens with one attached hydrogen (secondary N) is 1. The van der Waals surface area contributed by atoms with Gasteiger partial charge in [-0.05, 0) is 0 Å². The molecule has 2 rings (SSSR count). The molecule has 2 aromatic rings. The first-order chi connectivity index (χ1) is 9.44. The highest BCUT2D eigenvalue weighted by Crippen LogP contribution is 2.19. The van der Waals surface area contributed by atoms with E-state index in [1.165, 1.54) is 6.07 Å². The predicted molar refractivity (Wildman–Crippen MR) is 78.9 cm³/mol. The lowest BCUT2D eigenvalue weighted by atomic mass is 10.2. The van der Waals surface area contributed by atoms with Crippen LogP contribution >= 0.6 is 11.6 Å². The SMILES string of the molecule is NS(=O)(=O)CCNc1cc(Cl)nc(-c2ccccc2)n1. The van der Waals surface area contributed by atoms with Crippen LogP contribution in [0.15, 0.2) is 36.4 Å². The molecule has 0 atom stereocenters. The molecule has 0 aliphatic rings. The Morgan fingerprint density at radius 2 is 1.90 bits per heavy atom. The first kappa shape index (κ1) is 14.7. The first-order valence-corrected chi connectivity index (χ1v) is 7.88. The third-order valence-electron chi connectivity index (χ3n) is 2.42. The fraction of sp³-hybridized carbons (Fsp3) is 0.167. The summed E-state index contributed by atoms with van der Waals surface area (Å²) in [7, 11) is -3.51. The van der Waals surface area contributed by atoms with Crippen LogP contribution in [0.4, 0.5) is 5.82 Å². The molecule has 106 valence electrons. The van der Waals surface area contributed by atoms with Gasteiger partial charge in [0.1, 0.15) is 11.0 Å². The summed E-state index contributed by atoms with van der Waals surface area (Å²) in [6.45, 7) is 0.153. The minimum absolute atomic E-state index is 0.153. The van der Waals surface area contributed by atoms with E-state index in [1.54, 1.807) is 0 Å². The summed E-state index contributed by atoms with van der Waals surface area (Å²) in [5.74, 6) is 0.735. The topological polar surface area (TPSA) is 98.0 Å². The highest BCUT2D eigenvalue weighted by atomic mass is 35.5. The third kappa shape index (κ3) is 4.44. The maximum Gasteiger partial charge on any atom is 0.210 e. The summed E-state index contributed by atoms with van der Waals surface area (Å²) in [6, 6.07) is 10.9. The summed E-state index contributed by atoms with van der Waals surface area (Å²) in [5.41, 5.74) is 0.824. The number of hydrogen-bond donors (Lipinski definition) is 2. The van der Waals surface area contributed by atoms with E-state index in [0.29, 0.717) is 11.6 Å². The van der Waals surface area contributed by atoms with Gasteiger partial charge < -0.3 is 5.32 Å². The molecule has 0 fully saturated rings. The fourth-order valence-electron chi connectivity index (χ4n) is 1.55. The van der Waals surface area contributed by atoms with E-state index >= 15 is 0 Å². The standard InChI is InChI=1S/C12H13ClN4O2S/c13-10-8-11(15-6-7-20(14,18)19)17-12(16-10)9-4-2-1-3-5-9/h1-5,8H,6-7H2,(H2,14,18,19)(H,15,16,17). The molecule has 20 heavy (non-hydrogen) atoms. The van der Waals surface area contributed by atoms with Gasteiger partial charge in [-0.15, -0.1) is 0 Å². The summed E-state index contributed by atoms with van der Waals surface area (Å²) < 4.78 is 21.7. The summed E-state index contributed by atoms with van der Waals surface area (Å²) in [5, 5.41) is 8.06. The van der Waals surface area contributed by atoms with E-state index in [-0.39, 0.29) is 17.5 Å². The van der Waals surface area contributed by atoms with E-state index < -0.39 is 10.0 Å². The smallest absolute Gasteiger partial charge is 0.210 e. The van der Waals surface area contributed by atoms with Crippen molar-refractivity contribution < 1.29 is 8.42 Å². The van der Waals surface area contributed by atoms with Gasteiger partial charge in [-0.2, -0.15) is 0 Å². The Labute approximate surface area is 122 Å². The van der Waals surface area contributed by atoms with Crippen LogP contribution in [0, 0.1) is 0 Å². The van der Waals surface area contributed by atoms with Crippen molar-refractivity contribution in [2.75, 3.05) is 17.6 Å². The van der Waals surface area contributed by atoms with E-state index in [2.05, 4.69) is 15.3 Å². The Kier molecular flexibility index (Phi) is 4.53. The number of sulfonamides is 1. The van der Waals surface area contributed by atoms with Crippen LogP contribution < -0.4 is 10.5 Å². The molecule has 0 aliphatic heterocycles. The summed E-state index contributed by atoms with van der Waals surface area (Å²) in [4.78, 5) is 8.41. The van der Waals surface area contributed by atoms with Crippen molar-refractivity contribution >= 4 is 27.4 Å². The monoisotopic (exact) mass is 312 g/mol. The predicted octanol–water partition coefficient (Wildman–Crippen LogP) is 1.50. The Hall–Kier alpha value is -1.70. The average Bonchev–Trinajstić information content (AvgIpc) is 2.37. The maximum atomic E-state index is 10.9. The number of hydrogen-bond acceptors (Lipinski definition) is 5. The number of primary sulfonamides is 1. The largest absolute Gasteiger partial charge is 0.369 e. The molecule has 1 aromatic heterocycles. The maximum absolute atomic E-state index is 10.9. The molecule has 1 aromatic carbocycles. The summed E-state index contributed by atoms with van der Waals surface area (Å²) >= 11 is 5.93. The second-order valence-electron chi connectivity index (χ2n) is 4.06. The number of nitrogens with two attached hydrogens (primary N) is 1. The number of rotatable bonds is 5. The zero-order valence-corrected chi connectivity index (χ0v) is 12.0. The molecule has 0 radical (unpaired) electrons. The molecule has 0 spiro atoms. The second kappa shape index (κ2) is 6.17. The minimum Gasteiger partial charge on any atom is -0.369 e. The molecule has 1 heterocycles. The van der Waals surface area contributed by atoms with Crippen LogP contribution in [0.5, 0.6) is 0 Å². The molecule has 3 N–H and O–H groups in total. The molecule has 0 aliphatic carbocycles. The van der Waals surface area contributed by atoms with Gasteiger partial charge in [0.15, 0.2) is 5.82 Å². The minimum atomic E-state index is -3.51. The van der Waals surface area contributed by atoms with Gasteiger partial charge in [0.05, 0.1) is 5.75 Å². The number of benzene rings is 1. The normalized spacial score (nSPS) is 11.3. The zero-order valence-electron chi connectivity index (χ0n) is 10.5. The van der Waals surface area contributed by atoms with Gasteiger partial charge in [0.2, 0.25) is 10.0 Å². The lowest BCUT2D eigenvalue weighted by molar-refractivity contribution is 0.598. The number of anilines is 1. The highest BCUT2D eigenvalue weighted by Gasteiger charge is 2.07. The van der Waals surface area contributed by atoms with Crippen molar-refractivity contribution in [1.29, 1.82) is 0 Å². The van der Waals surface area contributed by atoms with E-state index in [4.69, 9.17) is 16.7 Å². The van der Waals surface area contributed by atoms with Gasteiger partial charge in [-0.3, -0.25) is 0 Å².